The van der Waals surface area contributed by atoms with Gasteiger partial charge in [0.15, 0.2) is 0 Å². The van der Waals surface area contributed by atoms with E-state index in [1.54, 1.807) is 18.1 Å². The van der Waals surface area contributed by atoms with E-state index in [9.17, 15) is 0 Å². The van der Waals surface area contributed by atoms with Gasteiger partial charge in [0.1, 0.15) is 17.2 Å². The molecule has 1 heterocycles. The predicted molar refractivity (Wildman–Crippen MR) is 77.2 cm³/mol. The molecule has 102 valence electrons. The van der Waals surface area contributed by atoms with Gasteiger partial charge in [0.05, 0.1) is 0 Å². The molecule has 1 aromatic heterocycles. The van der Waals surface area contributed by atoms with Crippen molar-refractivity contribution in [1.82, 2.24) is 9.97 Å². The zero-order valence-electron chi connectivity index (χ0n) is 11.4. The molecule has 5 heteroatoms. The summed E-state index contributed by atoms with van der Waals surface area (Å²) in [5.41, 5.74) is 1.18. The van der Waals surface area contributed by atoms with Crippen LogP contribution in [0, 0.1) is 0 Å². The van der Waals surface area contributed by atoms with Crippen molar-refractivity contribution in [3.8, 4) is 0 Å². The molecule has 1 rings (SSSR count). The molecule has 0 aromatic carbocycles. The predicted octanol–water partition coefficient (Wildman–Crippen LogP) is 2.72. The maximum absolute atomic E-state index is 8.95. The largest absolute Gasteiger partial charge is 0.396 e. The Morgan fingerprint density at radius 3 is 2.78 bits per heavy atom. The lowest BCUT2D eigenvalue weighted by molar-refractivity contribution is 0.289. The lowest BCUT2D eigenvalue weighted by Crippen LogP contribution is -2.08. The average molecular weight is 269 g/mol. The van der Waals surface area contributed by atoms with E-state index in [0.717, 1.165) is 36.7 Å². The highest BCUT2D eigenvalue weighted by atomic mass is 32.2. The van der Waals surface area contributed by atoms with Gasteiger partial charge < -0.3 is 10.4 Å². The minimum atomic E-state index is 0.224. The maximum Gasteiger partial charge on any atom is 0.133 e. The Balaban J connectivity index is 2.83. The fraction of sp³-hybridized carbons (Fsp3) is 0.692. The van der Waals surface area contributed by atoms with Crippen molar-refractivity contribution >= 4 is 17.6 Å². The third-order valence-corrected chi connectivity index (χ3v) is 3.86. The van der Waals surface area contributed by atoms with Gasteiger partial charge >= 0.3 is 0 Å². The molecule has 1 unspecified atom stereocenters. The second kappa shape index (κ2) is 8.32. The third-order valence-electron chi connectivity index (χ3n) is 2.65. The van der Waals surface area contributed by atoms with E-state index in [4.69, 9.17) is 5.11 Å². The number of hydrogen-bond acceptors (Lipinski definition) is 5. The summed E-state index contributed by atoms with van der Waals surface area (Å²) in [5.74, 6) is 0.952. The Hall–Kier alpha value is -0.810. The van der Waals surface area contributed by atoms with Gasteiger partial charge in [0, 0.05) is 24.0 Å². The monoisotopic (exact) mass is 269 g/mol. The normalized spacial score (nSPS) is 12.4. The van der Waals surface area contributed by atoms with Gasteiger partial charge in [-0.05, 0) is 19.3 Å². The van der Waals surface area contributed by atoms with Crippen molar-refractivity contribution in [2.75, 3.05) is 18.5 Å². The molecule has 4 nitrogen and oxygen atoms in total. The first-order chi connectivity index (χ1) is 8.72. The highest BCUT2D eigenvalue weighted by molar-refractivity contribution is 7.99. The number of nitrogens with zero attached hydrogens (tertiary/aromatic N) is 2. The Morgan fingerprint density at radius 2 is 2.17 bits per heavy atom. The molecule has 0 aliphatic heterocycles. The molecule has 0 spiro atoms. The van der Waals surface area contributed by atoms with Crippen LogP contribution in [-0.4, -0.2) is 33.5 Å². The molecular formula is C13H23N3OS. The molecule has 0 bridgehead atoms. The standard InChI is InChI=1S/C13H23N3OS/c1-4-7-14-12-11(5-2)13(16-9-15-12)18-10(3)6-8-17/h9-10,17H,4-8H2,1-3H3,(H,14,15,16). The Kier molecular flexibility index (Phi) is 7.05. The first-order valence-corrected chi connectivity index (χ1v) is 7.46. The van der Waals surface area contributed by atoms with Crippen LogP contribution in [0.4, 0.5) is 5.82 Å². The van der Waals surface area contributed by atoms with Crippen molar-refractivity contribution in [2.24, 2.45) is 0 Å². The quantitative estimate of drug-likeness (QED) is 0.561. The average Bonchev–Trinajstić information content (AvgIpc) is 2.36. The van der Waals surface area contributed by atoms with Crippen LogP contribution in [0.5, 0.6) is 0 Å². The summed E-state index contributed by atoms with van der Waals surface area (Å²) in [6.45, 7) is 7.53. The molecule has 2 N–H and O–H groups in total. The minimum Gasteiger partial charge on any atom is -0.396 e. The number of aliphatic hydroxyl groups excluding tert-OH is 1. The molecule has 0 amide bonds. The van der Waals surface area contributed by atoms with Crippen molar-refractivity contribution in [1.29, 1.82) is 0 Å². The summed E-state index contributed by atoms with van der Waals surface area (Å²) in [6.07, 6.45) is 4.40. The zero-order chi connectivity index (χ0) is 13.4. The smallest absolute Gasteiger partial charge is 0.133 e. The number of aromatic nitrogens is 2. The lowest BCUT2D eigenvalue weighted by atomic mass is 10.2. The van der Waals surface area contributed by atoms with Crippen LogP contribution in [0.1, 0.15) is 39.2 Å². The van der Waals surface area contributed by atoms with Gasteiger partial charge in [-0.15, -0.1) is 11.8 Å². The van der Waals surface area contributed by atoms with Crippen LogP contribution in [0.25, 0.3) is 0 Å². The second-order valence-corrected chi connectivity index (χ2v) is 5.65. The van der Waals surface area contributed by atoms with E-state index in [1.807, 2.05) is 0 Å². The summed E-state index contributed by atoms with van der Waals surface area (Å²) in [6, 6.07) is 0. The van der Waals surface area contributed by atoms with Crippen molar-refractivity contribution in [3.05, 3.63) is 11.9 Å². The summed E-state index contributed by atoms with van der Waals surface area (Å²) < 4.78 is 0. The van der Waals surface area contributed by atoms with E-state index in [-0.39, 0.29) is 6.61 Å². The highest BCUT2D eigenvalue weighted by Crippen LogP contribution is 2.29. The fourth-order valence-corrected chi connectivity index (χ4v) is 2.74. The number of aliphatic hydroxyl groups is 1. The van der Waals surface area contributed by atoms with Crippen molar-refractivity contribution < 1.29 is 5.11 Å². The van der Waals surface area contributed by atoms with E-state index in [2.05, 4.69) is 36.1 Å². The van der Waals surface area contributed by atoms with Crippen molar-refractivity contribution in [3.63, 3.8) is 0 Å². The highest BCUT2D eigenvalue weighted by Gasteiger charge is 2.13. The van der Waals surface area contributed by atoms with Crippen LogP contribution in [0.15, 0.2) is 11.4 Å². The number of anilines is 1. The first-order valence-electron chi connectivity index (χ1n) is 6.58. The number of hydrogen-bond donors (Lipinski definition) is 2. The van der Waals surface area contributed by atoms with E-state index in [1.165, 1.54) is 5.56 Å². The summed E-state index contributed by atoms with van der Waals surface area (Å²) in [7, 11) is 0. The fourth-order valence-electron chi connectivity index (χ4n) is 1.64. The number of thioether (sulfide) groups is 1. The molecule has 0 fully saturated rings. The summed E-state index contributed by atoms with van der Waals surface area (Å²) in [5, 5.41) is 13.7. The molecule has 18 heavy (non-hydrogen) atoms. The molecule has 0 aliphatic carbocycles. The van der Waals surface area contributed by atoms with E-state index >= 15 is 0 Å². The minimum absolute atomic E-state index is 0.224. The van der Waals surface area contributed by atoms with Crippen molar-refractivity contribution in [2.45, 2.75) is 50.3 Å². The van der Waals surface area contributed by atoms with Crippen LogP contribution < -0.4 is 5.32 Å². The molecule has 0 radical (unpaired) electrons. The molecule has 0 saturated heterocycles. The zero-order valence-corrected chi connectivity index (χ0v) is 12.3. The topological polar surface area (TPSA) is 58.0 Å². The maximum atomic E-state index is 8.95. The Bertz CT molecular complexity index is 360. The molecule has 1 atom stereocenters. The molecule has 0 aliphatic rings. The van der Waals surface area contributed by atoms with E-state index in [0.29, 0.717) is 5.25 Å². The lowest BCUT2D eigenvalue weighted by Gasteiger charge is -2.15. The number of rotatable bonds is 8. The van der Waals surface area contributed by atoms with Gasteiger partial charge in [-0.3, -0.25) is 0 Å². The van der Waals surface area contributed by atoms with Crippen LogP contribution in [0.2, 0.25) is 0 Å². The summed E-state index contributed by atoms with van der Waals surface area (Å²) >= 11 is 1.72. The van der Waals surface area contributed by atoms with Gasteiger partial charge in [0.25, 0.3) is 0 Å². The van der Waals surface area contributed by atoms with Gasteiger partial charge in [-0.1, -0.05) is 20.8 Å². The summed E-state index contributed by atoms with van der Waals surface area (Å²) in [4.78, 5) is 8.69. The Labute approximate surface area is 114 Å². The molecular weight excluding hydrogens is 246 g/mol. The van der Waals surface area contributed by atoms with Crippen LogP contribution in [0.3, 0.4) is 0 Å². The number of nitrogens with one attached hydrogen (secondary N) is 1. The van der Waals surface area contributed by atoms with Gasteiger partial charge in [-0.2, -0.15) is 0 Å². The van der Waals surface area contributed by atoms with Gasteiger partial charge in [-0.25, -0.2) is 9.97 Å². The van der Waals surface area contributed by atoms with Gasteiger partial charge in [0.2, 0.25) is 0 Å². The third kappa shape index (κ3) is 4.46. The van der Waals surface area contributed by atoms with Crippen LogP contribution >= 0.6 is 11.8 Å². The first kappa shape index (κ1) is 15.2. The van der Waals surface area contributed by atoms with Crippen LogP contribution in [-0.2, 0) is 6.42 Å². The Morgan fingerprint density at radius 1 is 1.39 bits per heavy atom. The molecule has 0 saturated carbocycles. The SMILES string of the molecule is CCCNc1ncnc(SC(C)CCO)c1CC. The second-order valence-electron chi connectivity index (χ2n) is 4.23. The molecule has 1 aromatic rings. The van der Waals surface area contributed by atoms with E-state index < -0.39 is 0 Å².